The number of carboxylic acid groups (broad SMARTS) is 1. The van der Waals surface area contributed by atoms with Crippen LogP contribution in [0.3, 0.4) is 0 Å². The van der Waals surface area contributed by atoms with Gasteiger partial charge < -0.3 is 5.11 Å². The SMILES string of the molecule is O=C(O)C1(c2ccc(-c3ccc(F)c(F)c3)cc2F)CC1. The molecule has 0 amide bonds. The van der Waals surface area contributed by atoms with E-state index < -0.39 is 28.8 Å². The highest BCUT2D eigenvalue weighted by atomic mass is 19.2. The molecule has 1 saturated carbocycles. The Morgan fingerprint density at radius 3 is 1.95 bits per heavy atom. The fraction of sp³-hybridized carbons (Fsp3) is 0.188. The van der Waals surface area contributed by atoms with Crippen LogP contribution in [0.15, 0.2) is 36.4 Å². The molecule has 0 aromatic heterocycles. The van der Waals surface area contributed by atoms with Gasteiger partial charge in [-0.05, 0) is 42.2 Å². The van der Waals surface area contributed by atoms with Crippen LogP contribution < -0.4 is 0 Å². The minimum atomic E-state index is -1.13. The average Bonchev–Trinajstić information content (AvgIpc) is 3.23. The molecule has 2 nitrogen and oxygen atoms in total. The third kappa shape index (κ3) is 2.18. The average molecular weight is 292 g/mol. The normalized spacial score (nSPS) is 15.8. The number of hydrogen-bond donors (Lipinski definition) is 1. The predicted octanol–water partition coefficient (Wildman–Crippen LogP) is 3.89. The monoisotopic (exact) mass is 292 g/mol. The Labute approximate surface area is 118 Å². The molecular formula is C16H11F3O2. The second kappa shape index (κ2) is 4.62. The fourth-order valence-electron chi connectivity index (χ4n) is 2.48. The van der Waals surface area contributed by atoms with Crippen LogP contribution in [0, 0.1) is 17.5 Å². The van der Waals surface area contributed by atoms with E-state index in [-0.39, 0.29) is 5.56 Å². The molecule has 2 aromatic carbocycles. The van der Waals surface area contributed by atoms with Gasteiger partial charge in [0.1, 0.15) is 5.82 Å². The first-order valence-electron chi connectivity index (χ1n) is 6.43. The van der Waals surface area contributed by atoms with Crippen molar-refractivity contribution < 1.29 is 23.1 Å². The van der Waals surface area contributed by atoms with E-state index in [1.807, 2.05) is 0 Å². The van der Waals surface area contributed by atoms with E-state index in [1.165, 1.54) is 18.2 Å². The zero-order chi connectivity index (χ0) is 15.2. The third-order valence-corrected chi connectivity index (χ3v) is 3.90. The lowest BCUT2D eigenvalue weighted by molar-refractivity contribution is -0.140. The van der Waals surface area contributed by atoms with Gasteiger partial charge in [-0.25, -0.2) is 13.2 Å². The second-order valence-electron chi connectivity index (χ2n) is 5.21. The standard InChI is InChI=1S/C16H11F3O2/c17-12-4-2-10(8-14(12)19)9-1-3-11(13(18)7-9)16(5-6-16)15(20)21/h1-4,7-8H,5-6H2,(H,20,21). The maximum absolute atomic E-state index is 14.2. The van der Waals surface area contributed by atoms with Crippen molar-refractivity contribution in [3.05, 3.63) is 59.4 Å². The summed E-state index contributed by atoms with van der Waals surface area (Å²) in [7, 11) is 0. The van der Waals surface area contributed by atoms with Gasteiger partial charge in [-0.15, -0.1) is 0 Å². The molecule has 1 fully saturated rings. The molecule has 0 aliphatic heterocycles. The van der Waals surface area contributed by atoms with Crippen molar-refractivity contribution >= 4 is 5.97 Å². The molecule has 0 unspecified atom stereocenters. The summed E-state index contributed by atoms with van der Waals surface area (Å²) in [5.41, 5.74) is -0.284. The predicted molar refractivity (Wildman–Crippen MR) is 70.3 cm³/mol. The van der Waals surface area contributed by atoms with Gasteiger partial charge in [0.25, 0.3) is 0 Å². The van der Waals surface area contributed by atoms with E-state index >= 15 is 0 Å². The summed E-state index contributed by atoms with van der Waals surface area (Å²) in [6.45, 7) is 0. The Kier molecular flexibility index (Phi) is 3.01. The van der Waals surface area contributed by atoms with Crippen LogP contribution in [-0.2, 0) is 10.2 Å². The van der Waals surface area contributed by atoms with Gasteiger partial charge in [0.05, 0.1) is 5.41 Å². The molecule has 1 aliphatic rings. The minimum Gasteiger partial charge on any atom is -0.481 e. The first-order chi connectivity index (χ1) is 9.94. The molecule has 0 spiro atoms. The zero-order valence-electron chi connectivity index (χ0n) is 10.9. The smallest absolute Gasteiger partial charge is 0.314 e. The molecule has 2 aromatic rings. The molecular weight excluding hydrogens is 281 g/mol. The van der Waals surface area contributed by atoms with Crippen molar-refractivity contribution in [2.75, 3.05) is 0 Å². The lowest BCUT2D eigenvalue weighted by Crippen LogP contribution is -2.20. The third-order valence-electron chi connectivity index (χ3n) is 3.90. The highest BCUT2D eigenvalue weighted by Gasteiger charge is 2.53. The van der Waals surface area contributed by atoms with Gasteiger partial charge in [0.15, 0.2) is 11.6 Å². The molecule has 108 valence electrons. The summed E-state index contributed by atoms with van der Waals surface area (Å²) < 4.78 is 40.3. The van der Waals surface area contributed by atoms with E-state index in [4.69, 9.17) is 0 Å². The zero-order valence-corrected chi connectivity index (χ0v) is 10.9. The van der Waals surface area contributed by atoms with Crippen LogP contribution in [0.2, 0.25) is 0 Å². The van der Waals surface area contributed by atoms with Gasteiger partial charge in [0, 0.05) is 5.56 Å². The lowest BCUT2D eigenvalue weighted by atomic mass is 9.93. The molecule has 0 bridgehead atoms. The van der Waals surface area contributed by atoms with E-state index in [0.29, 0.717) is 24.0 Å². The molecule has 0 radical (unpaired) electrons. The first-order valence-corrected chi connectivity index (χ1v) is 6.43. The number of rotatable bonds is 3. The minimum absolute atomic E-state index is 0.140. The molecule has 3 rings (SSSR count). The van der Waals surface area contributed by atoms with Crippen molar-refractivity contribution in [3.8, 4) is 11.1 Å². The van der Waals surface area contributed by atoms with Crippen molar-refractivity contribution in [1.29, 1.82) is 0 Å². The largest absolute Gasteiger partial charge is 0.481 e. The summed E-state index contributed by atoms with van der Waals surface area (Å²) in [5.74, 6) is -3.67. The van der Waals surface area contributed by atoms with E-state index in [2.05, 4.69) is 0 Å². The topological polar surface area (TPSA) is 37.3 Å². The van der Waals surface area contributed by atoms with Gasteiger partial charge in [0.2, 0.25) is 0 Å². The molecule has 1 aliphatic carbocycles. The second-order valence-corrected chi connectivity index (χ2v) is 5.21. The summed E-state index contributed by atoms with van der Waals surface area (Å²) in [6, 6.07) is 7.38. The van der Waals surface area contributed by atoms with E-state index in [1.54, 1.807) is 0 Å². The maximum Gasteiger partial charge on any atom is 0.314 e. The van der Waals surface area contributed by atoms with Crippen molar-refractivity contribution in [2.45, 2.75) is 18.3 Å². The number of benzene rings is 2. The summed E-state index contributed by atoms with van der Waals surface area (Å²) >= 11 is 0. The highest BCUT2D eigenvalue weighted by Crippen LogP contribution is 2.49. The maximum atomic E-state index is 14.2. The van der Waals surface area contributed by atoms with Crippen molar-refractivity contribution in [2.24, 2.45) is 0 Å². The van der Waals surface area contributed by atoms with Gasteiger partial charge in [-0.1, -0.05) is 18.2 Å². The molecule has 0 atom stereocenters. The van der Waals surface area contributed by atoms with Crippen LogP contribution in [-0.4, -0.2) is 11.1 Å². The lowest BCUT2D eigenvalue weighted by Gasteiger charge is -2.12. The fourth-order valence-corrected chi connectivity index (χ4v) is 2.48. The first kappa shape index (κ1) is 13.7. The number of halogens is 3. The number of carbonyl (C=O) groups is 1. The number of hydrogen-bond acceptors (Lipinski definition) is 1. The van der Waals surface area contributed by atoms with Gasteiger partial charge in [-0.2, -0.15) is 0 Å². The van der Waals surface area contributed by atoms with Crippen molar-refractivity contribution in [1.82, 2.24) is 0 Å². The van der Waals surface area contributed by atoms with Crippen molar-refractivity contribution in [3.63, 3.8) is 0 Å². The molecule has 0 saturated heterocycles. The van der Waals surface area contributed by atoms with Crippen LogP contribution >= 0.6 is 0 Å². The summed E-state index contributed by atoms with van der Waals surface area (Å²) in [5, 5.41) is 9.18. The van der Waals surface area contributed by atoms with E-state index in [0.717, 1.165) is 18.2 Å². The van der Waals surface area contributed by atoms with Gasteiger partial charge in [-0.3, -0.25) is 4.79 Å². The van der Waals surface area contributed by atoms with Gasteiger partial charge >= 0.3 is 5.97 Å². The summed E-state index contributed by atoms with van der Waals surface area (Å²) in [6.07, 6.45) is 0.813. The number of aliphatic carboxylic acids is 1. The Morgan fingerprint density at radius 2 is 1.48 bits per heavy atom. The number of carboxylic acids is 1. The Balaban J connectivity index is 2.02. The molecule has 0 heterocycles. The Morgan fingerprint density at radius 1 is 0.905 bits per heavy atom. The molecule has 1 N–H and O–H groups in total. The Bertz CT molecular complexity index is 736. The van der Waals surface area contributed by atoms with E-state index in [9.17, 15) is 23.1 Å². The molecule has 5 heteroatoms. The van der Waals surface area contributed by atoms with Crippen LogP contribution in [0.1, 0.15) is 18.4 Å². The van der Waals surface area contributed by atoms with Crippen LogP contribution in [0.5, 0.6) is 0 Å². The molecule has 21 heavy (non-hydrogen) atoms. The quantitative estimate of drug-likeness (QED) is 0.932. The Hall–Kier alpha value is -2.30. The highest BCUT2D eigenvalue weighted by molar-refractivity contribution is 5.85. The van der Waals surface area contributed by atoms with Crippen LogP contribution in [0.4, 0.5) is 13.2 Å². The summed E-state index contributed by atoms with van der Waals surface area (Å²) in [4.78, 5) is 11.2. The van der Waals surface area contributed by atoms with Crippen LogP contribution in [0.25, 0.3) is 11.1 Å².